The van der Waals surface area contributed by atoms with Gasteiger partial charge in [-0.25, -0.2) is 5.43 Å². The summed E-state index contributed by atoms with van der Waals surface area (Å²) in [5.41, 5.74) is 6.16. The number of hydrazone groups is 1. The van der Waals surface area contributed by atoms with Crippen molar-refractivity contribution in [2.45, 2.75) is 33.4 Å². The van der Waals surface area contributed by atoms with E-state index in [0.29, 0.717) is 12.2 Å². The summed E-state index contributed by atoms with van der Waals surface area (Å²) < 4.78 is 5.81. The molecule has 3 rings (SSSR count). The summed E-state index contributed by atoms with van der Waals surface area (Å²) in [5, 5.41) is 6.82. The maximum Gasteiger partial charge on any atom is 0.262 e. The van der Waals surface area contributed by atoms with Gasteiger partial charge in [0.05, 0.1) is 6.21 Å². The van der Waals surface area contributed by atoms with Gasteiger partial charge in [-0.1, -0.05) is 61.9 Å². The molecule has 0 aliphatic carbocycles. The van der Waals surface area contributed by atoms with E-state index < -0.39 is 6.04 Å². The summed E-state index contributed by atoms with van der Waals surface area (Å²) in [4.78, 5) is 25.0. The van der Waals surface area contributed by atoms with Crippen LogP contribution in [-0.2, 0) is 11.4 Å². The number of hydrogen-bond acceptors (Lipinski definition) is 4. The molecule has 0 fully saturated rings. The Labute approximate surface area is 194 Å². The summed E-state index contributed by atoms with van der Waals surface area (Å²) in [7, 11) is 0. The van der Waals surface area contributed by atoms with Gasteiger partial charge in [-0.2, -0.15) is 5.10 Å². The highest BCUT2D eigenvalue weighted by atomic mass is 16.5. The molecule has 2 N–H and O–H groups in total. The van der Waals surface area contributed by atoms with Crippen molar-refractivity contribution in [2.24, 2.45) is 11.0 Å². The van der Waals surface area contributed by atoms with Crippen LogP contribution in [0.25, 0.3) is 0 Å². The number of carbonyl (C=O) groups excluding carboxylic acids is 2. The Morgan fingerprint density at radius 2 is 1.61 bits per heavy atom. The maximum absolute atomic E-state index is 12.6. The first-order chi connectivity index (χ1) is 15.9. The molecule has 0 saturated heterocycles. The summed E-state index contributed by atoms with van der Waals surface area (Å²) in [6, 6.07) is 23.7. The molecule has 3 aromatic rings. The molecule has 6 heteroatoms. The molecule has 3 aromatic carbocycles. The topological polar surface area (TPSA) is 79.8 Å². The van der Waals surface area contributed by atoms with Crippen molar-refractivity contribution in [3.05, 3.63) is 101 Å². The van der Waals surface area contributed by atoms with E-state index in [0.717, 1.165) is 16.9 Å². The van der Waals surface area contributed by atoms with Crippen LogP contribution < -0.4 is 15.5 Å². The molecule has 2 amide bonds. The fraction of sp³-hybridized carbons (Fsp3) is 0.222. The minimum Gasteiger partial charge on any atom is -0.489 e. The zero-order chi connectivity index (χ0) is 23.6. The SMILES string of the molecule is Cc1ccc(COc2ccc(/C=N/NC(=O)C(NC(=O)c3ccccc3)C(C)C)cc2)cc1. The highest BCUT2D eigenvalue weighted by Gasteiger charge is 2.24. The summed E-state index contributed by atoms with van der Waals surface area (Å²) in [5.74, 6) is -0.0173. The first-order valence-corrected chi connectivity index (χ1v) is 10.9. The number of carbonyl (C=O) groups is 2. The Hall–Kier alpha value is -3.93. The van der Waals surface area contributed by atoms with Crippen molar-refractivity contribution in [1.82, 2.24) is 10.7 Å². The lowest BCUT2D eigenvalue weighted by molar-refractivity contribution is -0.123. The standard InChI is InChI=1S/C27H29N3O3/c1-19(2)25(29-26(31)23-7-5-4-6-8-23)27(32)30-28-17-21-13-15-24(16-14-21)33-18-22-11-9-20(3)10-12-22/h4-17,19,25H,18H2,1-3H3,(H,29,31)(H,30,32)/b28-17+. The average Bonchev–Trinajstić information content (AvgIpc) is 2.83. The zero-order valence-electron chi connectivity index (χ0n) is 19.1. The summed E-state index contributed by atoms with van der Waals surface area (Å²) in [6.07, 6.45) is 1.55. The van der Waals surface area contributed by atoms with E-state index in [9.17, 15) is 9.59 Å². The second kappa shape index (κ2) is 11.6. The number of nitrogens with one attached hydrogen (secondary N) is 2. The van der Waals surface area contributed by atoms with Crippen LogP contribution in [0.4, 0.5) is 0 Å². The molecule has 0 aliphatic heterocycles. The van der Waals surface area contributed by atoms with E-state index in [1.807, 2.05) is 56.3 Å². The van der Waals surface area contributed by atoms with E-state index in [2.05, 4.69) is 34.9 Å². The lowest BCUT2D eigenvalue weighted by Crippen LogP contribution is -2.48. The molecule has 1 atom stereocenters. The first kappa shape index (κ1) is 23.7. The lowest BCUT2D eigenvalue weighted by atomic mass is 10.0. The average molecular weight is 444 g/mol. The predicted molar refractivity (Wildman–Crippen MR) is 130 cm³/mol. The van der Waals surface area contributed by atoms with Crippen LogP contribution in [0.1, 0.15) is 40.9 Å². The Kier molecular flexibility index (Phi) is 8.36. The van der Waals surface area contributed by atoms with Gasteiger partial charge in [0.15, 0.2) is 0 Å². The molecule has 0 radical (unpaired) electrons. The third-order valence-corrected chi connectivity index (χ3v) is 5.07. The van der Waals surface area contributed by atoms with Gasteiger partial charge in [0.25, 0.3) is 11.8 Å². The van der Waals surface area contributed by atoms with Gasteiger partial charge in [0.1, 0.15) is 18.4 Å². The molecular formula is C27H29N3O3. The van der Waals surface area contributed by atoms with E-state index >= 15 is 0 Å². The number of benzene rings is 3. The van der Waals surface area contributed by atoms with E-state index in [1.54, 1.807) is 30.5 Å². The van der Waals surface area contributed by atoms with Crippen LogP contribution in [0, 0.1) is 12.8 Å². The number of ether oxygens (including phenoxy) is 1. The van der Waals surface area contributed by atoms with Crippen LogP contribution in [0.3, 0.4) is 0 Å². The highest BCUT2D eigenvalue weighted by Crippen LogP contribution is 2.14. The first-order valence-electron chi connectivity index (χ1n) is 10.9. The number of nitrogens with zero attached hydrogens (tertiary/aromatic N) is 1. The van der Waals surface area contributed by atoms with Crippen molar-refractivity contribution in [2.75, 3.05) is 0 Å². The van der Waals surface area contributed by atoms with Crippen LogP contribution in [0.5, 0.6) is 5.75 Å². The zero-order valence-corrected chi connectivity index (χ0v) is 19.1. The van der Waals surface area contributed by atoms with Crippen LogP contribution in [0.2, 0.25) is 0 Å². The fourth-order valence-electron chi connectivity index (χ4n) is 3.09. The quantitative estimate of drug-likeness (QED) is 0.378. The summed E-state index contributed by atoms with van der Waals surface area (Å²) in [6.45, 7) is 6.29. The Morgan fingerprint density at radius 3 is 2.24 bits per heavy atom. The molecular weight excluding hydrogens is 414 g/mol. The molecule has 0 saturated carbocycles. The predicted octanol–water partition coefficient (Wildman–Crippen LogP) is 4.48. The Bertz CT molecular complexity index is 1080. The molecule has 0 aliphatic rings. The maximum atomic E-state index is 12.6. The lowest BCUT2D eigenvalue weighted by Gasteiger charge is -2.20. The third-order valence-electron chi connectivity index (χ3n) is 5.07. The second-order valence-electron chi connectivity index (χ2n) is 8.14. The van der Waals surface area contributed by atoms with Crippen LogP contribution in [-0.4, -0.2) is 24.1 Å². The normalized spacial score (nSPS) is 11.9. The van der Waals surface area contributed by atoms with Crippen molar-refractivity contribution in [1.29, 1.82) is 0 Å². The van der Waals surface area contributed by atoms with Gasteiger partial charge in [0.2, 0.25) is 0 Å². The number of aryl methyl sites for hydroxylation is 1. The molecule has 0 spiro atoms. The molecule has 1 unspecified atom stereocenters. The summed E-state index contributed by atoms with van der Waals surface area (Å²) >= 11 is 0. The molecule has 0 aromatic heterocycles. The highest BCUT2D eigenvalue weighted by molar-refractivity contribution is 5.97. The van der Waals surface area contributed by atoms with E-state index in [1.165, 1.54) is 5.56 Å². The fourth-order valence-corrected chi connectivity index (χ4v) is 3.09. The Morgan fingerprint density at radius 1 is 0.939 bits per heavy atom. The largest absolute Gasteiger partial charge is 0.489 e. The van der Waals surface area contributed by atoms with Crippen molar-refractivity contribution >= 4 is 18.0 Å². The van der Waals surface area contributed by atoms with Gasteiger partial charge in [-0.05, 0) is 60.4 Å². The minimum absolute atomic E-state index is 0.0992. The van der Waals surface area contributed by atoms with Gasteiger partial charge in [-0.15, -0.1) is 0 Å². The van der Waals surface area contributed by atoms with Gasteiger partial charge in [-0.3, -0.25) is 9.59 Å². The molecule has 0 heterocycles. The van der Waals surface area contributed by atoms with E-state index in [4.69, 9.17) is 4.74 Å². The van der Waals surface area contributed by atoms with Crippen molar-refractivity contribution in [3.8, 4) is 5.75 Å². The van der Waals surface area contributed by atoms with Crippen LogP contribution in [0.15, 0.2) is 84.0 Å². The minimum atomic E-state index is -0.701. The number of hydrogen-bond donors (Lipinski definition) is 2. The molecule has 33 heavy (non-hydrogen) atoms. The Balaban J connectivity index is 1.51. The van der Waals surface area contributed by atoms with Gasteiger partial charge >= 0.3 is 0 Å². The van der Waals surface area contributed by atoms with Crippen molar-refractivity contribution < 1.29 is 14.3 Å². The van der Waals surface area contributed by atoms with E-state index in [-0.39, 0.29) is 17.7 Å². The van der Waals surface area contributed by atoms with Gasteiger partial charge in [0, 0.05) is 5.56 Å². The second-order valence-corrected chi connectivity index (χ2v) is 8.14. The van der Waals surface area contributed by atoms with Crippen LogP contribution >= 0.6 is 0 Å². The molecule has 0 bridgehead atoms. The number of rotatable bonds is 9. The third kappa shape index (κ3) is 7.31. The smallest absolute Gasteiger partial charge is 0.262 e. The molecule has 170 valence electrons. The van der Waals surface area contributed by atoms with Gasteiger partial charge < -0.3 is 10.1 Å². The monoisotopic (exact) mass is 443 g/mol. The van der Waals surface area contributed by atoms with Crippen molar-refractivity contribution in [3.63, 3.8) is 0 Å². The molecule has 6 nitrogen and oxygen atoms in total. The number of amides is 2.